The summed E-state index contributed by atoms with van der Waals surface area (Å²) in [6.45, 7) is 5.21. The highest BCUT2D eigenvalue weighted by atomic mass is 32.1. The fraction of sp³-hybridized carbons (Fsp3) is 0.350. The quantitative estimate of drug-likeness (QED) is 0.505. The van der Waals surface area contributed by atoms with Gasteiger partial charge in [-0.15, -0.1) is 11.3 Å². The lowest BCUT2D eigenvalue weighted by atomic mass is 9.99. The van der Waals surface area contributed by atoms with Crippen LogP contribution in [0.3, 0.4) is 0 Å². The van der Waals surface area contributed by atoms with Crippen molar-refractivity contribution in [2.45, 2.75) is 6.04 Å². The van der Waals surface area contributed by atoms with Gasteiger partial charge in [-0.25, -0.2) is 0 Å². The first-order valence-electron chi connectivity index (χ1n) is 9.17. The van der Waals surface area contributed by atoms with E-state index >= 15 is 0 Å². The summed E-state index contributed by atoms with van der Waals surface area (Å²) < 4.78 is 0. The zero-order valence-corrected chi connectivity index (χ0v) is 15.5. The van der Waals surface area contributed by atoms with Crippen LogP contribution in [0.4, 0.5) is 0 Å². The topological polar surface area (TPSA) is 62.2 Å². The minimum Gasteiger partial charge on any atom is -0.505 e. The molecule has 4 N–H and O–H groups in total. The van der Waals surface area contributed by atoms with E-state index in [4.69, 9.17) is 0 Å². The number of phenolic OH excluding ortho intramolecular Hbond substituents is 1. The minimum atomic E-state index is 0.122. The summed E-state index contributed by atoms with van der Waals surface area (Å²) in [5, 5.41) is 23.2. The molecule has 0 saturated carbocycles. The zero-order valence-electron chi connectivity index (χ0n) is 14.7. The average Bonchev–Trinajstić information content (AvgIpc) is 3.20. The van der Waals surface area contributed by atoms with Crippen LogP contribution in [0.1, 0.15) is 16.5 Å². The van der Waals surface area contributed by atoms with Crippen molar-refractivity contribution >= 4 is 22.2 Å². The van der Waals surface area contributed by atoms with Crippen LogP contribution >= 0.6 is 11.3 Å². The van der Waals surface area contributed by atoms with Crippen molar-refractivity contribution in [3.63, 3.8) is 0 Å². The molecule has 1 aliphatic rings. The molecular weight excluding hydrogens is 346 g/mol. The molecule has 0 aliphatic carbocycles. The SMILES string of the molecule is OCC[NH+]1CC[NH+]([C@@H](c2cccs2)c2ccc3cccnc3c2O)CC1. The van der Waals surface area contributed by atoms with Gasteiger partial charge in [-0.3, -0.25) is 4.98 Å². The van der Waals surface area contributed by atoms with Crippen molar-refractivity contribution in [1.29, 1.82) is 0 Å². The van der Waals surface area contributed by atoms with Crippen LogP contribution in [0.15, 0.2) is 48.0 Å². The second-order valence-electron chi connectivity index (χ2n) is 6.91. The van der Waals surface area contributed by atoms with Crippen molar-refractivity contribution in [2.75, 3.05) is 39.3 Å². The summed E-state index contributed by atoms with van der Waals surface area (Å²) in [6, 6.07) is 12.4. The van der Waals surface area contributed by atoms with E-state index in [9.17, 15) is 10.2 Å². The zero-order chi connectivity index (χ0) is 17.9. The predicted molar refractivity (Wildman–Crippen MR) is 103 cm³/mol. The number of aromatic hydroxyl groups is 1. The van der Waals surface area contributed by atoms with E-state index in [0.29, 0.717) is 11.3 Å². The number of thiophene rings is 1. The van der Waals surface area contributed by atoms with Crippen LogP contribution in [-0.4, -0.2) is 54.5 Å². The van der Waals surface area contributed by atoms with E-state index in [-0.39, 0.29) is 12.6 Å². The van der Waals surface area contributed by atoms with Gasteiger partial charge < -0.3 is 20.0 Å². The van der Waals surface area contributed by atoms with Crippen molar-refractivity contribution in [2.24, 2.45) is 0 Å². The van der Waals surface area contributed by atoms with Crippen molar-refractivity contribution in [3.8, 4) is 5.75 Å². The fourth-order valence-corrected chi connectivity index (χ4v) is 4.93. The van der Waals surface area contributed by atoms with Crippen LogP contribution in [0.5, 0.6) is 5.75 Å². The molecule has 0 radical (unpaired) electrons. The highest BCUT2D eigenvalue weighted by Gasteiger charge is 2.34. The highest BCUT2D eigenvalue weighted by molar-refractivity contribution is 7.10. The lowest BCUT2D eigenvalue weighted by Crippen LogP contribution is -3.28. The Morgan fingerprint density at radius 2 is 1.92 bits per heavy atom. The van der Waals surface area contributed by atoms with Gasteiger partial charge in [0.1, 0.15) is 38.2 Å². The monoisotopic (exact) mass is 371 g/mol. The lowest BCUT2D eigenvalue weighted by Gasteiger charge is -2.34. The predicted octanol–water partition coefficient (Wildman–Crippen LogP) is -0.133. The molecule has 4 rings (SSSR count). The third-order valence-electron chi connectivity index (χ3n) is 5.39. The van der Waals surface area contributed by atoms with Crippen molar-refractivity contribution in [3.05, 3.63) is 58.4 Å². The van der Waals surface area contributed by atoms with Gasteiger partial charge in [0.2, 0.25) is 0 Å². The molecule has 0 bridgehead atoms. The van der Waals surface area contributed by atoms with Crippen LogP contribution in [0, 0.1) is 0 Å². The molecule has 136 valence electrons. The summed E-state index contributed by atoms with van der Waals surface area (Å²) in [4.78, 5) is 8.61. The highest BCUT2D eigenvalue weighted by Crippen LogP contribution is 2.34. The maximum atomic E-state index is 11.0. The maximum Gasteiger partial charge on any atom is 0.152 e. The van der Waals surface area contributed by atoms with Crippen LogP contribution in [0.25, 0.3) is 10.9 Å². The number of aromatic nitrogens is 1. The van der Waals surface area contributed by atoms with Gasteiger partial charge in [-0.1, -0.05) is 18.2 Å². The minimum absolute atomic E-state index is 0.122. The lowest BCUT2D eigenvalue weighted by molar-refractivity contribution is -1.02. The van der Waals surface area contributed by atoms with Gasteiger partial charge in [0.05, 0.1) is 17.0 Å². The van der Waals surface area contributed by atoms with Crippen molar-refractivity contribution in [1.82, 2.24) is 4.98 Å². The summed E-state index contributed by atoms with van der Waals surface area (Å²) in [6.07, 6.45) is 1.73. The fourth-order valence-electron chi connectivity index (χ4n) is 4.03. The van der Waals surface area contributed by atoms with Gasteiger partial charge in [-0.2, -0.15) is 0 Å². The molecule has 3 heterocycles. The molecular formula is C20H25N3O2S+2. The number of hydrogen-bond donors (Lipinski definition) is 4. The molecule has 1 aromatic carbocycles. The van der Waals surface area contributed by atoms with E-state index in [1.165, 1.54) is 14.7 Å². The number of nitrogens with one attached hydrogen (secondary N) is 2. The molecule has 1 fully saturated rings. The number of quaternary nitrogens is 2. The molecule has 0 unspecified atom stereocenters. The number of hydrogen-bond acceptors (Lipinski definition) is 4. The largest absolute Gasteiger partial charge is 0.505 e. The molecule has 0 spiro atoms. The second kappa shape index (κ2) is 7.72. The number of nitrogens with zero attached hydrogens (tertiary/aromatic N) is 1. The first-order chi connectivity index (χ1) is 12.8. The van der Waals surface area contributed by atoms with Crippen LogP contribution in [0.2, 0.25) is 0 Å². The molecule has 26 heavy (non-hydrogen) atoms. The number of rotatable bonds is 5. The Kier molecular flexibility index (Phi) is 5.17. The number of aliphatic hydroxyl groups excluding tert-OH is 1. The van der Waals surface area contributed by atoms with Gasteiger partial charge in [0.15, 0.2) is 11.8 Å². The number of benzene rings is 1. The number of phenols is 1. The summed E-state index contributed by atoms with van der Waals surface area (Å²) in [5.41, 5.74) is 1.63. The smallest absolute Gasteiger partial charge is 0.152 e. The van der Waals surface area contributed by atoms with Crippen molar-refractivity contribution < 1.29 is 20.0 Å². The average molecular weight is 372 g/mol. The standard InChI is InChI=1S/C20H23N3O2S/c24-13-12-22-8-10-23(11-9-22)19(17-4-2-14-26-17)16-6-5-15-3-1-7-21-18(15)20(16)25/h1-7,14,19,24-25H,8-13H2/p+2/t19-/m1/s1. The Bertz CT molecular complexity index is 861. The summed E-state index contributed by atoms with van der Waals surface area (Å²) in [7, 11) is 0. The number of piperazine rings is 1. The molecule has 2 aromatic heterocycles. The third-order valence-corrected chi connectivity index (χ3v) is 6.33. The normalized spacial score (nSPS) is 21.7. The molecule has 6 heteroatoms. The number of fused-ring (bicyclic) bond motifs is 1. The van der Waals surface area contributed by atoms with E-state index in [1.807, 2.05) is 12.1 Å². The first kappa shape index (κ1) is 17.4. The van der Waals surface area contributed by atoms with Gasteiger partial charge in [0, 0.05) is 11.6 Å². The van der Waals surface area contributed by atoms with Gasteiger partial charge in [0.25, 0.3) is 0 Å². The van der Waals surface area contributed by atoms with Gasteiger partial charge in [-0.05, 0) is 23.6 Å². The second-order valence-corrected chi connectivity index (χ2v) is 7.89. The van der Waals surface area contributed by atoms with E-state index in [1.54, 1.807) is 17.5 Å². The molecule has 1 saturated heterocycles. The molecule has 1 aliphatic heterocycles. The van der Waals surface area contributed by atoms with E-state index in [0.717, 1.165) is 43.7 Å². The Morgan fingerprint density at radius 3 is 2.65 bits per heavy atom. The Hall–Kier alpha value is -1.99. The number of pyridine rings is 1. The van der Waals surface area contributed by atoms with Gasteiger partial charge >= 0.3 is 0 Å². The summed E-state index contributed by atoms with van der Waals surface area (Å²) in [5.74, 6) is 0.305. The number of aliphatic hydroxyl groups is 1. The third kappa shape index (κ3) is 3.33. The van der Waals surface area contributed by atoms with Crippen LogP contribution in [-0.2, 0) is 0 Å². The molecule has 3 aromatic rings. The van der Waals surface area contributed by atoms with Crippen LogP contribution < -0.4 is 9.80 Å². The summed E-state index contributed by atoms with van der Waals surface area (Å²) >= 11 is 1.75. The maximum absolute atomic E-state index is 11.0. The Labute approximate surface area is 157 Å². The van der Waals surface area contributed by atoms with E-state index < -0.39 is 0 Å². The molecule has 5 nitrogen and oxygen atoms in total. The Balaban J connectivity index is 1.70. The first-order valence-corrected chi connectivity index (χ1v) is 10.0. The Morgan fingerprint density at radius 1 is 1.08 bits per heavy atom. The van der Waals surface area contributed by atoms with E-state index in [2.05, 4.69) is 34.6 Å². The molecule has 0 amide bonds. The molecule has 1 atom stereocenters.